The molecule has 2 aromatic rings. The van der Waals surface area contributed by atoms with Gasteiger partial charge in [0, 0.05) is 63.3 Å². The Morgan fingerprint density at radius 3 is 2.37 bits per heavy atom. The third-order valence-electron chi connectivity index (χ3n) is 9.63. The summed E-state index contributed by atoms with van der Waals surface area (Å²) in [7, 11) is 0. The van der Waals surface area contributed by atoms with Crippen molar-refractivity contribution in [2.24, 2.45) is 5.92 Å². The molecule has 3 aliphatic rings. The van der Waals surface area contributed by atoms with Gasteiger partial charge in [0.25, 0.3) is 5.91 Å². The lowest BCUT2D eigenvalue weighted by Crippen LogP contribution is -2.41. The van der Waals surface area contributed by atoms with Crippen LogP contribution in [-0.4, -0.2) is 73.5 Å². The third kappa shape index (κ3) is 7.36. The van der Waals surface area contributed by atoms with Crippen molar-refractivity contribution in [3.8, 4) is 5.75 Å². The van der Waals surface area contributed by atoms with Crippen LogP contribution in [0.25, 0.3) is 0 Å². The number of hydrogen-bond acceptors (Lipinski definition) is 5. The second-order valence-electron chi connectivity index (χ2n) is 12.9. The van der Waals surface area contributed by atoms with Crippen LogP contribution in [0.3, 0.4) is 0 Å². The van der Waals surface area contributed by atoms with E-state index in [1.54, 1.807) is 0 Å². The van der Waals surface area contributed by atoms with Crippen LogP contribution in [-0.2, 0) is 11.3 Å². The highest BCUT2D eigenvalue weighted by atomic mass is 16.5. The van der Waals surface area contributed by atoms with Crippen LogP contribution < -0.4 is 14.5 Å². The van der Waals surface area contributed by atoms with Gasteiger partial charge >= 0.3 is 0 Å². The molecule has 7 heteroatoms. The topological polar surface area (TPSA) is 56.3 Å². The van der Waals surface area contributed by atoms with Crippen LogP contribution in [0, 0.1) is 12.8 Å². The number of carbonyl (C=O) groups excluding carboxylic acids is 2. The molecule has 234 valence electrons. The lowest BCUT2D eigenvalue weighted by molar-refractivity contribution is -0.123. The third-order valence-corrected chi connectivity index (χ3v) is 9.63. The molecule has 0 bridgehead atoms. The zero-order valence-corrected chi connectivity index (χ0v) is 26.9. The monoisotopic (exact) mass is 588 g/mol. The summed E-state index contributed by atoms with van der Waals surface area (Å²) >= 11 is 0. The summed E-state index contributed by atoms with van der Waals surface area (Å²) in [5, 5.41) is 0. The molecule has 0 N–H and O–H groups in total. The molecule has 5 rings (SSSR count). The van der Waals surface area contributed by atoms with Crippen LogP contribution in [0.2, 0.25) is 0 Å². The number of carbonyl (C=O) groups is 2. The van der Waals surface area contributed by atoms with Crippen LogP contribution in [0.5, 0.6) is 5.75 Å². The first-order valence-corrected chi connectivity index (χ1v) is 16.8. The average molecular weight is 589 g/mol. The zero-order chi connectivity index (χ0) is 30.3. The molecule has 7 nitrogen and oxygen atoms in total. The fourth-order valence-electron chi connectivity index (χ4n) is 7.22. The number of aryl methyl sites for hydroxylation is 1. The first-order chi connectivity index (χ1) is 20.9. The number of hydrogen-bond donors (Lipinski definition) is 0. The van der Waals surface area contributed by atoms with Crippen molar-refractivity contribution in [2.45, 2.75) is 91.6 Å². The van der Waals surface area contributed by atoms with Crippen molar-refractivity contribution >= 4 is 23.2 Å². The summed E-state index contributed by atoms with van der Waals surface area (Å²) in [4.78, 5) is 37.4. The van der Waals surface area contributed by atoms with Gasteiger partial charge in [0.2, 0.25) is 5.91 Å². The maximum atomic E-state index is 14.4. The van der Waals surface area contributed by atoms with Crippen molar-refractivity contribution in [3.05, 3.63) is 53.1 Å². The van der Waals surface area contributed by atoms with E-state index in [4.69, 9.17) is 4.74 Å². The molecule has 0 aromatic heterocycles. The number of anilines is 2. The largest absolute Gasteiger partial charge is 0.492 e. The minimum Gasteiger partial charge on any atom is -0.492 e. The summed E-state index contributed by atoms with van der Waals surface area (Å²) in [6, 6.07) is 12.6. The van der Waals surface area contributed by atoms with E-state index in [0.29, 0.717) is 37.8 Å². The van der Waals surface area contributed by atoms with Crippen LogP contribution in [0.15, 0.2) is 36.4 Å². The van der Waals surface area contributed by atoms with Gasteiger partial charge in [0.1, 0.15) is 5.75 Å². The van der Waals surface area contributed by atoms with Gasteiger partial charge < -0.3 is 19.4 Å². The molecule has 0 spiro atoms. The van der Waals surface area contributed by atoms with Gasteiger partial charge in [-0.25, -0.2) is 0 Å². The lowest BCUT2D eigenvalue weighted by atomic mass is 9.87. The standard InChI is InChI=1S/C36H52N4O3/c1-5-43-33-18-17-30(25-32(33)38-19-9-10-20-38)35(41)39-24-23-37(27(2)3)21-12-22-40(36(42)29-14-7-6-8-15-29)34-28(4)13-11-16-31(34)26-39/h11,13,16-18,25,27,29H,5-10,12,14-15,19-24,26H2,1-4H3. The van der Waals surface area contributed by atoms with E-state index in [0.717, 1.165) is 99.4 Å². The Balaban J connectivity index is 1.51. The Morgan fingerprint density at radius 2 is 1.65 bits per heavy atom. The van der Waals surface area contributed by atoms with Gasteiger partial charge in [-0.05, 0) is 89.1 Å². The van der Waals surface area contributed by atoms with Crippen molar-refractivity contribution in [3.63, 3.8) is 0 Å². The van der Waals surface area contributed by atoms with Crippen molar-refractivity contribution in [1.29, 1.82) is 0 Å². The van der Waals surface area contributed by atoms with E-state index in [1.807, 2.05) is 30.0 Å². The van der Waals surface area contributed by atoms with Gasteiger partial charge in [-0.3, -0.25) is 14.5 Å². The first-order valence-electron chi connectivity index (χ1n) is 16.8. The number of nitrogens with zero attached hydrogens (tertiary/aromatic N) is 4. The molecule has 2 aromatic carbocycles. The normalized spacial score (nSPS) is 19.3. The highest BCUT2D eigenvalue weighted by Gasteiger charge is 2.31. The summed E-state index contributed by atoms with van der Waals surface area (Å²) in [5.74, 6) is 1.25. The van der Waals surface area contributed by atoms with Gasteiger partial charge in [-0.1, -0.05) is 37.5 Å². The fourth-order valence-corrected chi connectivity index (χ4v) is 7.22. The molecule has 1 saturated carbocycles. The molecule has 2 aliphatic heterocycles. The lowest BCUT2D eigenvalue weighted by Gasteiger charge is -2.33. The van der Waals surface area contributed by atoms with Gasteiger partial charge in [0.05, 0.1) is 18.0 Å². The molecule has 43 heavy (non-hydrogen) atoms. The van der Waals surface area contributed by atoms with E-state index in [1.165, 1.54) is 6.42 Å². The number of para-hydroxylation sites is 1. The van der Waals surface area contributed by atoms with E-state index >= 15 is 0 Å². The van der Waals surface area contributed by atoms with Crippen LogP contribution >= 0.6 is 0 Å². The smallest absolute Gasteiger partial charge is 0.254 e. The molecular formula is C36H52N4O3. The number of benzene rings is 2. The number of rotatable bonds is 6. The summed E-state index contributed by atoms with van der Waals surface area (Å²) in [5.41, 5.74) is 4.89. The fraction of sp³-hybridized carbons (Fsp3) is 0.611. The molecule has 0 radical (unpaired) electrons. The maximum absolute atomic E-state index is 14.4. The summed E-state index contributed by atoms with van der Waals surface area (Å²) in [6.07, 6.45) is 8.69. The average Bonchev–Trinajstić information content (AvgIpc) is 3.54. The van der Waals surface area contributed by atoms with Gasteiger partial charge in [-0.15, -0.1) is 0 Å². The molecule has 2 heterocycles. The number of amides is 2. The van der Waals surface area contributed by atoms with Gasteiger partial charge in [-0.2, -0.15) is 0 Å². The molecule has 0 atom stereocenters. The summed E-state index contributed by atoms with van der Waals surface area (Å²) < 4.78 is 5.98. The molecule has 2 fully saturated rings. The Hall–Kier alpha value is -3.06. The van der Waals surface area contributed by atoms with Crippen molar-refractivity contribution < 1.29 is 14.3 Å². The van der Waals surface area contributed by atoms with E-state index in [-0.39, 0.29) is 17.7 Å². The van der Waals surface area contributed by atoms with E-state index < -0.39 is 0 Å². The van der Waals surface area contributed by atoms with Crippen molar-refractivity contribution in [1.82, 2.24) is 9.80 Å². The Bertz CT molecular complexity index is 1250. The van der Waals surface area contributed by atoms with Crippen molar-refractivity contribution in [2.75, 3.05) is 55.7 Å². The second kappa shape index (κ2) is 14.6. The number of ether oxygens (including phenoxy) is 1. The molecular weight excluding hydrogens is 536 g/mol. The number of fused-ring (bicyclic) bond motifs is 1. The Morgan fingerprint density at radius 1 is 0.884 bits per heavy atom. The predicted molar refractivity (Wildman–Crippen MR) is 175 cm³/mol. The Labute approximate surface area is 259 Å². The highest BCUT2D eigenvalue weighted by Crippen LogP contribution is 2.35. The maximum Gasteiger partial charge on any atom is 0.254 e. The molecule has 2 amide bonds. The summed E-state index contributed by atoms with van der Waals surface area (Å²) in [6.45, 7) is 14.7. The second-order valence-corrected chi connectivity index (χ2v) is 12.9. The SMILES string of the molecule is CCOc1ccc(C(=O)N2CCN(C(C)C)CCCN(C(=O)C3CCCCC3)c3c(C)cccc3C2)cc1N1CCCC1. The molecule has 1 aliphatic carbocycles. The van der Waals surface area contributed by atoms with E-state index in [9.17, 15) is 9.59 Å². The van der Waals surface area contributed by atoms with Gasteiger partial charge in [0.15, 0.2) is 0 Å². The Kier molecular flexibility index (Phi) is 10.7. The van der Waals surface area contributed by atoms with Crippen LogP contribution in [0.4, 0.5) is 11.4 Å². The predicted octanol–water partition coefficient (Wildman–Crippen LogP) is 6.66. The minimum atomic E-state index is 0.0315. The van der Waals surface area contributed by atoms with E-state index in [2.05, 4.69) is 53.7 Å². The molecule has 0 unspecified atom stereocenters. The highest BCUT2D eigenvalue weighted by molar-refractivity contribution is 5.98. The first kappa shape index (κ1) is 31.4. The zero-order valence-electron chi connectivity index (χ0n) is 26.9. The molecule has 1 saturated heterocycles. The minimum absolute atomic E-state index is 0.0315. The quantitative estimate of drug-likeness (QED) is 0.378. The van der Waals surface area contributed by atoms with Crippen LogP contribution in [0.1, 0.15) is 93.6 Å².